The highest BCUT2D eigenvalue weighted by Crippen LogP contribution is 1.96. The Kier molecular flexibility index (Phi) is 10.9. The van der Waals surface area contributed by atoms with Gasteiger partial charge in [-0.05, 0) is 0 Å². The second-order valence-corrected chi connectivity index (χ2v) is 4.55. The Bertz CT molecular complexity index is 261. The summed E-state index contributed by atoms with van der Waals surface area (Å²) >= 11 is 0. The van der Waals surface area contributed by atoms with Crippen LogP contribution in [0.2, 0.25) is 0 Å². The second kappa shape index (κ2) is 11.6. The molecule has 20 heavy (non-hydrogen) atoms. The molecular weight excluding hydrogens is 264 g/mol. The highest BCUT2D eigenvalue weighted by molar-refractivity contribution is 5.67. The third-order valence-corrected chi connectivity index (χ3v) is 2.91. The molecule has 0 aliphatic carbocycles. The van der Waals surface area contributed by atoms with Crippen molar-refractivity contribution >= 4 is 11.9 Å². The summed E-state index contributed by atoms with van der Waals surface area (Å²) in [6.45, 7) is 4.39. The van der Waals surface area contributed by atoms with E-state index in [9.17, 15) is 9.59 Å². The summed E-state index contributed by atoms with van der Waals surface area (Å²) in [6, 6.07) is 0. The summed E-state index contributed by atoms with van der Waals surface area (Å²) in [7, 11) is 0. The van der Waals surface area contributed by atoms with Gasteiger partial charge in [0, 0.05) is 52.4 Å². The SMILES string of the molecule is NCCN(CCC(=O)O)CCN(CCN)CCC(=O)O. The molecule has 0 aromatic rings. The van der Waals surface area contributed by atoms with Crippen molar-refractivity contribution in [3.8, 4) is 0 Å². The maximum absolute atomic E-state index is 10.6. The molecule has 0 radical (unpaired) electrons. The Morgan fingerprint density at radius 1 is 0.700 bits per heavy atom. The first-order valence-corrected chi connectivity index (χ1v) is 6.78. The smallest absolute Gasteiger partial charge is 0.304 e. The molecular formula is C12H26N4O4. The Balaban J connectivity index is 4.15. The van der Waals surface area contributed by atoms with Gasteiger partial charge >= 0.3 is 11.9 Å². The van der Waals surface area contributed by atoms with Gasteiger partial charge in [0.2, 0.25) is 0 Å². The van der Waals surface area contributed by atoms with Gasteiger partial charge in [-0.15, -0.1) is 0 Å². The lowest BCUT2D eigenvalue weighted by molar-refractivity contribution is -0.138. The summed E-state index contributed by atoms with van der Waals surface area (Å²) in [5.41, 5.74) is 11.0. The molecule has 0 atom stereocenters. The lowest BCUT2D eigenvalue weighted by Gasteiger charge is -2.26. The second-order valence-electron chi connectivity index (χ2n) is 4.55. The molecule has 0 aromatic heterocycles. The highest BCUT2D eigenvalue weighted by Gasteiger charge is 2.11. The van der Waals surface area contributed by atoms with E-state index in [1.807, 2.05) is 9.80 Å². The van der Waals surface area contributed by atoms with Crippen molar-refractivity contribution < 1.29 is 19.8 Å². The maximum atomic E-state index is 10.6. The molecule has 0 aliphatic heterocycles. The van der Waals surface area contributed by atoms with E-state index in [2.05, 4.69) is 0 Å². The van der Waals surface area contributed by atoms with E-state index >= 15 is 0 Å². The van der Waals surface area contributed by atoms with Crippen LogP contribution < -0.4 is 11.5 Å². The van der Waals surface area contributed by atoms with E-state index in [-0.39, 0.29) is 12.8 Å². The number of carboxylic acids is 2. The minimum atomic E-state index is -0.836. The van der Waals surface area contributed by atoms with Gasteiger partial charge in [-0.25, -0.2) is 0 Å². The fourth-order valence-corrected chi connectivity index (χ4v) is 1.83. The minimum Gasteiger partial charge on any atom is -0.481 e. The van der Waals surface area contributed by atoms with Crippen molar-refractivity contribution in [2.45, 2.75) is 12.8 Å². The molecule has 0 unspecified atom stereocenters. The molecule has 8 heteroatoms. The minimum absolute atomic E-state index is 0.0754. The summed E-state index contributed by atoms with van der Waals surface area (Å²) in [5, 5.41) is 17.4. The van der Waals surface area contributed by atoms with Crippen LogP contribution in [0.5, 0.6) is 0 Å². The average molecular weight is 290 g/mol. The number of carbonyl (C=O) groups is 2. The van der Waals surface area contributed by atoms with Crippen LogP contribution in [0.25, 0.3) is 0 Å². The summed E-state index contributed by atoms with van der Waals surface area (Å²) < 4.78 is 0. The van der Waals surface area contributed by atoms with Crippen molar-refractivity contribution in [1.82, 2.24) is 9.80 Å². The zero-order chi connectivity index (χ0) is 15.4. The van der Waals surface area contributed by atoms with Crippen LogP contribution in [0.15, 0.2) is 0 Å². The maximum Gasteiger partial charge on any atom is 0.304 e. The molecule has 0 saturated carbocycles. The predicted molar refractivity (Wildman–Crippen MR) is 75.5 cm³/mol. The van der Waals surface area contributed by atoms with Crippen LogP contribution >= 0.6 is 0 Å². The molecule has 6 N–H and O–H groups in total. The highest BCUT2D eigenvalue weighted by atomic mass is 16.4. The number of nitrogens with two attached hydrogens (primary N) is 2. The van der Waals surface area contributed by atoms with Gasteiger partial charge in [0.15, 0.2) is 0 Å². The zero-order valence-corrected chi connectivity index (χ0v) is 11.8. The third kappa shape index (κ3) is 10.7. The van der Waals surface area contributed by atoms with Crippen LogP contribution in [0.1, 0.15) is 12.8 Å². The number of aliphatic carboxylic acids is 2. The van der Waals surface area contributed by atoms with Gasteiger partial charge in [-0.1, -0.05) is 0 Å². The van der Waals surface area contributed by atoms with Crippen molar-refractivity contribution in [3.05, 3.63) is 0 Å². The molecule has 8 nitrogen and oxygen atoms in total. The van der Waals surface area contributed by atoms with Gasteiger partial charge in [-0.2, -0.15) is 0 Å². The number of carboxylic acid groups (broad SMARTS) is 2. The van der Waals surface area contributed by atoms with Crippen molar-refractivity contribution in [3.63, 3.8) is 0 Å². The van der Waals surface area contributed by atoms with E-state index in [4.69, 9.17) is 21.7 Å². The van der Waals surface area contributed by atoms with Crippen LogP contribution in [0.3, 0.4) is 0 Å². The molecule has 0 saturated heterocycles. The molecule has 0 aromatic carbocycles. The van der Waals surface area contributed by atoms with E-state index in [1.54, 1.807) is 0 Å². The van der Waals surface area contributed by atoms with Gasteiger partial charge in [0.05, 0.1) is 12.8 Å². The molecule has 0 heterocycles. The van der Waals surface area contributed by atoms with Gasteiger partial charge in [0.1, 0.15) is 0 Å². The van der Waals surface area contributed by atoms with Crippen LogP contribution in [0.4, 0.5) is 0 Å². The number of hydrogen-bond donors (Lipinski definition) is 4. The molecule has 0 amide bonds. The van der Waals surface area contributed by atoms with Gasteiger partial charge in [0.25, 0.3) is 0 Å². The molecule has 0 spiro atoms. The first kappa shape index (κ1) is 18.8. The molecule has 0 bridgehead atoms. The fourth-order valence-electron chi connectivity index (χ4n) is 1.83. The Morgan fingerprint density at radius 2 is 1.05 bits per heavy atom. The normalized spacial score (nSPS) is 11.2. The van der Waals surface area contributed by atoms with Crippen LogP contribution in [-0.2, 0) is 9.59 Å². The summed E-state index contributed by atoms with van der Waals surface area (Å²) in [5.74, 6) is -1.67. The third-order valence-electron chi connectivity index (χ3n) is 2.91. The van der Waals surface area contributed by atoms with Crippen LogP contribution in [-0.4, -0.2) is 84.3 Å². The Hall–Kier alpha value is -1.22. The lowest BCUT2D eigenvalue weighted by Crippen LogP contribution is -2.40. The van der Waals surface area contributed by atoms with Gasteiger partial charge in [-0.3, -0.25) is 9.59 Å². The predicted octanol–water partition coefficient (Wildman–Crippen LogP) is -1.54. The van der Waals surface area contributed by atoms with Crippen molar-refractivity contribution in [1.29, 1.82) is 0 Å². The standard InChI is InChI=1S/C12H26N4O4/c13-3-7-15(5-1-11(17)18)9-10-16(8-4-14)6-2-12(19)20/h1-10,13-14H2,(H,17,18)(H,19,20). The number of nitrogens with zero attached hydrogens (tertiary/aromatic N) is 2. The van der Waals surface area contributed by atoms with Gasteiger partial charge < -0.3 is 31.5 Å². The Morgan fingerprint density at radius 3 is 1.30 bits per heavy atom. The average Bonchev–Trinajstić information content (AvgIpc) is 2.38. The summed E-state index contributed by atoms with van der Waals surface area (Å²) in [4.78, 5) is 25.1. The first-order chi connectivity index (χ1) is 9.49. The monoisotopic (exact) mass is 290 g/mol. The lowest BCUT2D eigenvalue weighted by atomic mass is 10.3. The summed E-state index contributed by atoms with van der Waals surface area (Å²) in [6.07, 6.45) is 0.151. The first-order valence-electron chi connectivity index (χ1n) is 6.78. The molecule has 0 aliphatic rings. The van der Waals surface area contributed by atoms with Crippen molar-refractivity contribution in [2.24, 2.45) is 11.5 Å². The van der Waals surface area contributed by atoms with E-state index in [0.717, 1.165) is 0 Å². The fraction of sp³-hybridized carbons (Fsp3) is 0.833. The molecule has 0 fully saturated rings. The topological polar surface area (TPSA) is 133 Å². The number of rotatable bonds is 13. The van der Waals surface area contributed by atoms with Crippen LogP contribution in [0, 0.1) is 0 Å². The van der Waals surface area contributed by atoms with E-state index in [1.165, 1.54) is 0 Å². The van der Waals surface area contributed by atoms with E-state index < -0.39 is 11.9 Å². The zero-order valence-electron chi connectivity index (χ0n) is 11.8. The molecule has 118 valence electrons. The quantitative estimate of drug-likeness (QED) is 0.321. The van der Waals surface area contributed by atoms with Crippen molar-refractivity contribution in [2.75, 3.05) is 52.4 Å². The largest absolute Gasteiger partial charge is 0.481 e. The molecule has 0 rings (SSSR count). The number of hydrogen-bond acceptors (Lipinski definition) is 6. The Labute approximate surface area is 119 Å². The van der Waals surface area contributed by atoms with E-state index in [0.29, 0.717) is 52.4 Å².